The Balaban J connectivity index is 0.000000227. The van der Waals surface area contributed by atoms with Crippen LogP contribution in [0.4, 0.5) is 0 Å². The van der Waals surface area contributed by atoms with Gasteiger partial charge in [-0.25, -0.2) is 30.1 Å². The van der Waals surface area contributed by atoms with Crippen molar-refractivity contribution in [2.75, 3.05) is 0 Å². The minimum atomic E-state index is -1.72. The van der Waals surface area contributed by atoms with Gasteiger partial charge in [-0.05, 0) is 25.8 Å². The van der Waals surface area contributed by atoms with E-state index in [1.165, 1.54) is 5.56 Å². The highest BCUT2D eigenvalue weighted by atomic mass is 35.8. The number of hydrogen-bond donors (Lipinski definition) is 0. The maximum atomic E-state index is 11.5. The quantitative estimate of drug-likeness (QED) is 0.285. The maximum absolute atomic E-state index is 11.5. The summed E-state index contributed by atoms with van der Waals surface area (Å²) in [6, 6.07) is 16.9. The lowest BCUT2D eigenvalue weighted by Gasteiger charge is -2.13. The van der Waals surface area contributed by atoms with Gasteiger partial charge in [0, 0.05) is 17.0 Å². The zero-order valence-electron chi connectivity index (χ0n) is 15.4. The van der Waals surface area contributed by atoms with Gasteiger partial charge < -0.3 is 0 Å². The molecule has 1 aliphatic carbocycles. The molecule has 1 unspecified atom stereocenters. The second-order valence-electron chi connectivity index (χ2n) is 6.54. The number of fused-ring (bicyclic) bond motifs is 1. The molecule has 1 aliphatic rings. The molecule has 0 spiro atoms. The van der Waals surface area contributed by atoms with Crippen LogP contribution >= 0.6 is 41.7 Å². The maximum Gasteiger partial charge on any atom is 0.643 e. The first-order chi connectivity index (χ1) is 12.5. The topological polar surface area (TPSA) is 34.1 Å². The van der Waals surface area contributed by atoms with Crippen LogP contribution in [-0.4, -0.2) is 27.8 Å². The highest BCUT2D eigenvalue weighted by molar-refractivity contribution is 7.54. The molecule has 0 saturated heterocycles. The lowest BCUT2D eigenvalue weighted by Crippen LogP contribution is -2.24. The average molecular weight is 462 g/mol. The molecule has 0 radical (unpaired) electrons. The van der Waals surface area contributed by atoms with Crippen molar-refractivity contribution in [2.45, 2.75) is 32.1 Å². The van der Waals surface area contributed by atoms with E-state index in [0.29, 0.717) is 11.3 Å². The second-order valence-corrected chi connectivity index (χ2v) is 13.9. The van der Waals surface area contributed by atoms with Gasteiger partial charge in [-0.3, -0.25) is 9.59 Å². The standard InChI is InChI=1S/C10H11ClO.C10H10O.Al.3ClH/c1-10(2,11)9(12)8-6-4-3-5-7-8;1-7-6-8-4-2-3-5-9(8)10(7)11;;;;/h3-7H,1-2H3;2-5,7H,6H2,1H3;;3*1H/q;;+3;;;/p-3. The predicted molar refractivity (Wildman–Crippen MR) is 118 cm³/mol. The number of alkyl halides is 1. The van der Waals surface area contributed by atoms with Crippen LogP contribution in [0, 0.1) is 5.92 Å². The molecule has 0 bridgehead atoms. The Morgan fingerprint density at radius 3 is 1.96 bits per heavy atom. The Morgan fingerprint density at radius 1 is 1.00 bits per heavy atom. The molecule has 3 rings (SSSR count). The van der Waals surface area contributed by atoms with Crippen molar-refractivity contribution in [3.8, 4) is 0 Å². The van der Waals surface area contributed by atoms with Crippen molar-refractivity contribution in [3.05, 3.63) is 71.3 Å². The smallest absolute Gasteiger partial charge is 0.294 e. The van der Waals surface area contributed by atoms with Crippen LogP contribution in [0.5, 0.6) is 0 Å². The Bertz CT molecular complexity index is 755. The molecular weight excluding hydrogens is 441 g/mol. The number of benzene rings is 2. The van der Waals surface area contributed by atoms with E-state index in [1.54, 1.807) is 26.0 Å². The van der Waals surface area contributed by atoms with Crippen molar-refractivity contribution in [3.63, 3.8) is 0 Å². The molecule has 0 fully saturated rings. The summed E-state index contributed by atoms with van der Waals surface area (Å²) in [6.45, 7) is 5.39. The van der Waals surface area contributed by atoms with Crippen LogP contribution in [0.15, 0.2) is 54.6 Å². The molecule has 0 N–H and O–H groups in total. The average Bonchev–Trinajstić information content (AvgIpc) is 2.89. The zero-order valence-corrected chi connectivity index (χ0v) is 19.6. The van der Waals surface area contributed by atoms with Gasteiger partial charge in [0.2, 0.25) is 0 Å². The minimum absolute atomic E-state index is 0.0373. The fourth-order valence-electron chi connectivity index (χ4n) is 2.56. The van der Waals surface area contributed by atoms with Crippen molar-refractivity contribution < 1.29 is 9.59 Å². The third-order valence-corrected chi connectivity index (χ3v) is 4.00. The summed E-state index contributed by atoms with van der Waals surface area (Å²) in [7, 11) is 14.8. The summed E-state index contributed by atoms with van der Waals surface area (Å²) in [4.78, 5) is 22.1. The van der Waals surface area contributed by atoms with E-state index in [0.717, 1.165) is 12.0 Å². The number of halogens is 4. The SMILES string of the molecule is CC(C)(Cl)C(=O)c1ccccc1.CC1Cc2ccccc2C1=O.[Cl][Al]([Cl])[Cl]. The van der Waals surface area contributed by atoms with Crippen LogP contribution in [0.3, 0.4) is 0 Å². The van der Waals surface area contributed by atoms with Crippen LogP contribution < -0.4 is 0 Å². The fourth-order valence-corrected chi connectivity index (χ4v) is 2.67. The fraction of sp³-hybridized carbons (Fsp3) is 0.300. The summed E-state index contributed by atoms with van der Waals surface area (Å²) < 4.78 is 0. The van der Waals surface area contributed by atoms with E-state index in [9.17, 15) is 9.59 Å². The van der Waals surface area contributed by atoms with Gasteiger partial charge in [-0.15, -0.1) is 11.6 Å². The summed E-state index contributed by atoms with van der Waals surface area (Å²) in [5, 5.41) is 0. The van der Waals surface area contributed by atoms with Crippen LogP contribution in [-0.2, 0) is 6.42 Å². The van der Waals surface area contributed by atoms with Crippen LogP contribution in [0.25, 0.3) is 0 Å². The molecule has 0 aliphatic heterocycles. The van der Waals surface area contributed by atoms with Gasteiger partial charge in [0.25, 0.3) is 0 Å². The molecule has 7 heteroatoms. The van der Waals surface area contributed by atoms with E-state index in [4.69, 9.17) is 41.7 Å². The molecule has 0 saturated carbocycles. The normalized spacial score (nSPS) is 14.9. The molecule has 0 aromatic heterocycles. The molecule has 27 heavy (non-hydrogen) atoms. The molecule has 0 amide bonds. The number of Topliss-reactive ketones (excluding diaryl/α,β-unsaturated/α-hetero) is 2. The largest absolute Gasteiger partial charge is 0.643 e. The molecule has 2 aromatic rings. The van der Waals surface area contributed by atoms with Crippen LogP contribution in [0.2, 0.25) is 0 Å². The van der Waals surface area contributed by atoms with E-state index in [2.05, 4.69) is 0 Å². The summed E-state index contributed by atoms with van der Waals surface area (Å²) in [5.41, 5.74) is 2.81. The third-order valence-electron chi connectivity index (χ3n) is 3.83. The van der Waals surface area contributed by atoms with Gasteiger partial charge in [0.15, 0.2) is 11.6 Å². The summed E-state index contributed by atoms with van der Waals surface area (Å²) in [6.07, 6.45) is 0.926. The van der Waals surface area contributed by atoms with Crippen molar-refractivity contribution in [2.24, 2.45) is 5.92 Å². The first-order valence-corrected chi connectivity index (χ1v) is 14.0. The van der Waals surface area contributed by atoms with Crippen molar-refractivity contribution >= 4 is 64.7 Å². The lowest BCUT2D eigenvalue weighted by molar-refractivity contribution is 0.0942. The molecule has 1 atom stereocenters. The second kappa shape index (κ2) is 11.5. The van der Waals surface area contributed by atoms with Gasteiger partial charge in [0.1, 0.15) is 4.87 Å². The third kappa shape index (κ3) is 8.57. The zero-order chi connectivity index (χ0) is 20.6. The van der Waals surface area contributed by atoms with E-state index in [-0.39, 0.29) is 11.7 Å². The van der Waals surface area contributed by atoms with Gasteiger partial charge in [0.05, 0.1) is 0 Å². The summed E-state index contributed by atoms with van der Waals surface area (Å²) >= 11 is 4.15. The molecule has 2 aromatic carbocycles. The number of carbonyl (C=O) groups excluding carboxylic acids is 2. The van der Waals surface area contributed by atoms with Crippen molar-refractivity contribution in [1.29, 1.82) is 0 Å². The van der Waals surface area contributed by atoms with Gasteiger partial charge in [-0.1, -0.05) is 61.5 Å². The number of hydrogen-bond acceptors (Lipinski definition) is 2. The predicted octanol–water partition coefficient (Wildman–Crippen LogP) is 6.64. The Hall–Kier alpha value is -0.528. The van der Waals surface area contributed by atoms with Crippen molar-refractivity contribution in [1.82, 2.24) is 0 Å². The lowest BCUT2D eigenvalue weighted by atomic mass is 10.0. The minimum Gasteiger partial charge on any atom is -0.294 e. The highest BCUT2D eigenvalue weighted by Crippen LogP contribution is 2.25. The Kier molecular flexibility index (Phi) is 10.4. The summed E-state index contributed by atoms with van der Waals surface area (Å²) in [5.74, 6) is 0.470. The monoisotopic (exact) mass is 460 g/mol. The van der Waals surface area contributed by atoms with Gasteiger partial charge >= 0.3 is 11.4 Å². The van der Waals surface area contributed by atoms with E-state index < -0.39 is 16.3 Å². The number of carbonyl (C=O) groups is 2. The Labute approximate surface area is 182 Å². The molecule has 144 valence electrons. The van der Waals surface area contributed by atoms with E-state index >= 15 is 0 Å². The molecule has 0 heterocycles. The Morgan fingerprint density at radius 2 is 1.48 bits per heavy atom. The van der Waals surface area contributed by atoms with E-state index in [1.807, 2.05) is 49.4 Å². The first kappa shape index (κ1) is 24.5. The van der Waals surface area contributed by atoms with Gasteiger partial charge in [-0.2, -0.15) is 0 Å². The molecule has 2 nitrogen and oxygen atoms in total. The first-order valence-electron chi connectivity index (χ1n) is 8.37. The molecular formula is C20H21AlCl4O2. The highest BCUT2D eigenvalue weighted by Gasteiger charge is 2.26. The number of ketones is 2. The number of rotatable bonds is 2. The van der Waals surface area contributed by atoms with Crippen LogP contribution in [0.1, 0.15) is 47.1 Å².